The van der Waals surface area contributed by atoms with Gasteiger partial charge in [0.15, 0.2) is 0 Å². The van der Waals surface area contributed by atoms with Gasteiger partial charge < -0.3 is 5.32 Å². The molecule has 1 saturated carbocycles. The normalized spacial score (nSPS) is 17.1. The number of nitrogens with zero attached hydrogens (tertiary/aromatic N) is 1. The fraction of sp³-hybridized carbons (Fsp3) is 0.500. The van der Waals surface area contributed by atoms with Crippen molar-refractivity contribution in [1.29, 1.82) is 0 Å². The third kappa shape index (κ3) is 2.73. The van der Waals surface area contributed by atoms with Crippen molar-refractivity contribution in [3.05, 3.63) is 31.6 Å². The van der Waals surface area contributed by atoms with E-state index in [0.29, 0.717) is 5.92 Å². The van der Waals surface area contributed by atoms with Gasteiger partial charge in [0, 0.05) is 18.2 Å². The van der Waals surface area contributed by atoms with Crippen LogP contribution in [0.2, 0.25) is 0 Å². The monoisotopic (exact) mass is 364 g/mol. The average molecular weight is 364 g/mol. The van der Waals surface area contributed by atoms with Gasteiger partial charge in [0.05, 0.1) is 8.49 Å². The zero-order valence-electron chi connectivity index (χ0n) is 9.95. The molecule has 0 amide bonds. The van der Waals surface area contributed by atoms with E-state index in [-0.39, 0.29) is 21.0 Å². The lowest BCUT2D eigenvalue weighted by Gasteiger charge is -2.32. The lowest BCUT2D eigenvalue weighted by Crippen LogP contribution is -2.31. The van der Waals surface area contributed by atoms with Gasteiger partial charge in [0.1, 0.15) is 11.5 Å². The molecule has 1 aromatic rings. The first-order chi connectivity index (χ1) is 8.49. The third-order valence-corrected chi connectivity index (χ3v) is 4.30. The average Bonchev–Trinajstić information content (AvgIpc) is 2.19. The van der Waals surface area contributed by atoms with Crippen LogP contribution in [-0.2, 0) is 0 Å². The van der Waals surface area contributed by atoms with Gasteiger partial charge >= 0.3 is 0 Å². The molecule has 0 saturated heterocycles. The molecule has 4 nitrogen and oxygen atoms in total. The number of benzene rings is 1. The molecule has 1 atom stereocenters. The highest BCUT2D eigenvalue weighted by molar-refractivity contribution is 14.1. The minimum absolute atomic E-state index is 0.0630. The fourth-order valence-electron chi connectivity index (χ4n) is 2.11. The minimum atomic E-state index is -0.475. The largest absolute Gasteiger partial charge is 0.377 e. The van der Waals surface area contributed by atoms with Crippen molar-refractivity contribution in [2.45, 2.75) is 32.2 Å². The van der Waals surface area contributed by atoms with E-state index in [0.717, 1.165) is 12.8 Å². The summed E-state index contributed by atoms with van der Waals surface area (Å²) in [5.74, 6) is 0.108. The zero-order valence-corrected chi connectivity index (χ0v) is 12.1. The summed E-state index contributed by atoms with van der Waals surface area (Å²) in [5.41, 5.74) is 0.212. The van der Waals surface area contributed by atoms with Crippen molar-refractivity contribution in [3.63, 3.8) is 0 Å². The Balaban J connectivity index is 2.24. The van der Waals surface area contributed by atoms with Gasteiger partial charge in [-0.15, -0.1) is 0 Å². The van der Waals surface area contributed by atoms with E-state index in [2.05, 4.69) is 5.32 Å². The number of hydrogen-bond acceptors (Lipinski definition) is 3. The molecule has 2 rings (SSSR count). The van der Waals surface area contributed by atoms with Crippen molar-refractivity contribution < 1.29 is 9.31 Å². The Kier molecular flexibility index (Phi) is 4.04. The molecular formula is C12H14FIN2O2. The van der Waals surface area contributed by atoms with Crippen LogP contribution >= 0.6 is 22.6 Å². The van der Waals surface area contributed by atoms with Gasteiger partial charge in [-0.2, -0.15) is 0 Å². The van der Waals surface area contributed by atoms with Crippen molar-refractivity contribution in [2.75, 3.05) is 5.32 Å². The van der Waals surface area contributed by atoms with Crippen LogP contribution in [0.4, 0.5) is 15.8 Å². The van der Waals surface area contributed by atoms with Crippen LogP contribution in [0, 0.1) is 25.4 Å². The van der Waals surface area contributed by atoms with Gasteiger partial charge in [-0.25, -0.2) is 4.39 Å². The van der Waals surface area contributed by atoms with Gasteiger partial charge in [-0.1, -0.05) is 6.42 Å². The Morgan fingerprint density at radius 1 is 1.56 bits per heavy atom. The summed E-state index contributed by atoms with van der Waals surface area (Å²) < 4.78 is 13.8. The number of anilines is 1. The van der Waals surface area contributed by atoms with E-state index in [4.69, 9.17) is 0 Å². The number of nitrogens with one attached hydrogen (secondary N) is 1. The van der Waals surface area contributed by atoms with Crippen molar-refractivity contribution in [3.8, 4) is 0 Å². The molecule has 1 aliphatic rings. The maximum absolute atomic E-state index is 13.5. The molecule has 0 spiro atoms. The Labute approximate surface area is 118 Å². The van der Waals surface area contributed by atoms with E-state index in [9.17, 15) is 14.5 Å². The topological polar surface area (TPSA) is 55.2 Å². The van der Waals surface area contributed by atoms with Crippen LogP contribution in [0.15, 0.2) is 12.1 Å². The molecule has 0 bridgehead atoms. The first-order valence-corrected chi connectivity index (χ1v) is 6.97. The molecule has 1 unspecified atom stereocenters. The summed E-state index contributed by atoms with van der Waals surface area (Å²) in [5, 5.41) is 14.0. The first-order valence-electron chi connectivity index (χ1n) is 5.89. The molecule has 1 aromatic carbocycles. The van der Waals surface area contributed by atoms with Crippen molar-refractivity contribution >= 4 is 34.0 Å². The maximum Gasteiger partial charge on any atom is 0.293 e. The molecule has 18 heavy (non-hydrogen) atoms. The van der Waals surface area contributed by atoms with Gasteiger partial charge in [0.25, 0.3) is 5.69 Å². The van der Waals surface area contributed by atoms with E-state index >= 15 is 0 Å². The number of nitro benzene ring substituents is 1. The summed E-state index contributed by atoms with van der Waals surface area (Å²) in [6.07, 6.45) is 3.48. The summed E-state index contributed by atoms with van der Waals surface area (Å²) >= 11 is 1.76. The summed E-state index contributed by atoms with van der Waals surface area (Å²) in [4.78, 5) is 10.5. The predicted octanol–water partition coefficient (Wildman–Crippen LogP) is 3.94. The molecule has 0 heterocycles. The highest BCUT2D eigenvalue weighted by Crippen LogP contribution is 2.34. The van der Waals surface area contributed by atoms with Crippen LogP contribution in [0.5, 0.6) is 0 Å². The highest BCUT2D eigenvalue weighted by atomic mass is 127. The highest BCUT2D eigenvalue weighted by Gasteiger charge is 2.26. The van der Waals surface area contributed by atoms with E-state index < -0.39 is 10.7 Å². The molecule has 0 radical (unpaired) electrons. The molecule has 98 valence electrons. The lowest BCUT2D eigenvalue weighted by molar-refractivity contribution is -0.384. The van der Waals surface area contributed by atoms with Crippen LogP contribution < -0.4 is 5.32 Å². The summed E-state index contributed by atoms with van der Waals surface area (Å²) in [6.45, 7) is 1.99. The van der Waals surface area contributed by atoms with E-state index in [1.165, 1.54) is 18.6 Å². The third-order valence-electron chi connectivity index (χ3n) is 3.48. The minimum Gasteiger partial charge on any atom is -0.377 e. The molecule has 0 aliphatic heterocycles. The maximum atomic E-state index is 13.5. The second kappa shape index (κ2) is 5.38. The second-order valence-electron chi connectivity index (χ2n) is 4.66. The second-order valence-corrected chi connectivity index (χ2v) is 5.83. The van der Waals surface area contributed by atoms with Crippen molar-refractivity contribution in [2.24, 2.45) is 5.92 Å². The van der Waals surface area contributed by atoms with Crippen LogP contribution in [0.3, 0.4) is 0 Å². The molecule has 1 fully saturated rings. The number of hydrogen-bond donors (Lipinski definition) is 1. The Hall–Kier alpha value is -0.920. The fourth-order valence-corrected chi connectivity index (χ4v) is 2.56. The number of halogens is 2. The Morgan fingerprint density at radius 3 is 2.72 bits per heavy atom. The van der Waals surface area contributed by atoms with Gasteiger partial charge in [-0.05, 0) is 48.3 Å². The molecule has 1 N–H and O–H groups in total. The number of nitro groups is 1. The van der Waals surface area contributed by atoms with E-state index in [1.807, 2.05) is 6.92 Å². The molecule has 0 aromatic heterocycles. The van der Waals surface area contributed by atoms with Crippen LogP contribution in [0.1, 0.15) is 26.2 Å². The van der Waals surface area contributed by atoms with Gasteiger partial charge in [-0.3, -0.25) is 10.1 Å². The Morgan fingerprint density at radius 2 is 2.22 bits per heavy atom. The standard InChI is InChI=1S/C12H14FIN2O2/c1-7(8-3-2-4-8)15-11-5-9(13)10(14)6-12(11)16(17)18/h5-8,15H,2-4H2,1H3. The number of rotatable bonds is 4. The molecule has 1 aliphatic carbocycles. The molecular weight excluding hydrogens is 350 g/mol. The summed E-state index contributed by atoms with van der Waals surface area (Å²) in [7, 11) is 0. The van der Waals surface area contributed by atoms with Crippen molar-refractivity contribution in [1.82, 2.24) is 0 Å². The lowest BCUT2D eigenvalue weighted by atomic mass is 9.80. The van der Waals surface area contributed by atoms with Gasteiger partial charge in [0.2, 0.25) is 0 Å². The van der Waals surface area contributed by atoms with Crippen LogP contribution in [-0.4, -0.2) is 11.0 Å². The smallest absolute Gasteiger partial charge is 0.293 e. The summed E-state index contributed by atoms with van der Waals surface area (Å²) in [6, 6.07) is 2.62. The van der Waals surface area contributed by atoms with E-state index in [1.54, 1.807) is 22.6 Å². The first kappa shape index (κ1) is 13.5. The molecule has 6 heteroatoms. The predicted molar refractivity (Wildman–Crippen MR) is 76.2 cm³/mol. The SMILES string of the molecule is CC(Nc1cc(F)c(I)cc1[N+](=O)[O-])C1CCC1. The van der Waals surface area contributed by atoms with Crippen LogP contribution in [0.25, 0.3) is 0 Å². The quantitative estimate of drug-likeness (QED) is 0.500. The Bertz CT molecular complexity index is 477. The zero-order chi connectivity index (χ0) is 13.3.